The molecule has 20 heavy (non-hydrogen) atoms. The minimum Gasteiger partial charge on any atom is -0.371 e. The van der Waals surface area contributed by atoms with Crippen LogP contribution in [0.2, 0.25) is 0 Å². The second-order valence-electron chi connectivity index (χ2n) is 4.57. The van der Waals surface area contributed by atoms with Crippen LogP contribution in [0, 0.1) is 0 Å². The standard InChI is InChI=1S/C16H15N3O/c20-11-14-13-6-1-2-7-15(13)19-16(14)18-10-8-12-5-3-4-9-17-12/h1-7,9,11,18-19H,8,10H2. The fourth-order valence-corrected chi connectivity index (χ4v) is 2.29. The van der Waals surface area contributed by atoms with Crippen LogP contribution >= 0.6 is 0 Å². The van der Waals surface area contributed by atoms with Crippen LogP contribution in [-0.4, -0.2) is 22.8 Å². The number of aromatic amines is 1. The first-order chi connectivity index (χ1) is 9.88. The lowest BCUT2D eigenvalue weighted by Gasteiger charge is -2.04. The summed E-state index contributed by atoms with van der Waals surface area (Å²) in [4.78, 5) is 18.8. The van der Waals surface area contributed by atoms with Gasteiger partial charge in [0, 0.05) is 35.8 Å². The van der Waals surface area contributed by atoms with Crippen LogP contribution in [0.25, 0.3) is 10.9 Å². The number of hydrogen-bond donors (Lipinski definition) is 2. The van der Waals surface area contributed by atoms with E-state index in [9.17, 15) is 4.79 Å². The Kier molecular flexibility index (Phi) is 3.46. The number of para-hydroxylation sites is 1. The Morgan fingerprint density at radius 2 is 2.00 bits per heavy atom. The summed E-state index contributed by atoms with van der Waals surface area (Å²) in [7, 11) is 0. The van der Waals surface area contributed by atoms with E-state index in [2.05, 4.69) is 15.3 Å². The van der Waals surface area contributed by atoms with Crippen LogP contribution in [0.1, 0.15) is 16.1 Å². The number of aldehydes is 1. The Balaban J connectivity index is 1.76. The number of H-pyrrole nitrogens is 1. The lowest BCUT2D eigenvalue weighted by Crippen LogP contribution is -2.07. The highest BCUT2D eigenvalue weighted by Crippen LogP contribution is 2.24. The predicted molar refractivity (Wildman–Crippen MR) is 80.1 cm³/mol. The second-order valence-corrected chi connectivity index (χ2v) is 4.57. The van der Waals surface area contributed by atoms with Gasteiger partial charge in [-0.05, 0) is 18.2 Å². The largest absolute Gasteiger partial charge is 0.371 e. The molecule has 0 fully saturated rings. The molecule has 0 spiro atoms. The number of carbonyl (C=O) groups excluding carboxylic acids is 1. The van der Waals surface area contributed by atoms with E-state index in [1.165, 1.54) is 0 Å². The van der Waals surface area contributed by atoms with Crippen molar-refractivity contribution < 1.29 is 4.79 Å². The molecule has 100 valence electrons. The van der Waals surface area contributed by atoms with Crippen molar-refractivity contribution in [2.24, 2.45) is 0 Å². The van der Waals surface area contributed by atoms with Gasteiger partial charge in [-0.15, -0.1) is 0 Å². The number of hydrogen-bond acceptors (Lipinski definition) is 3. The molecule has 0 aliphatic rings. The van der Waals surface area contributed by atoms with Gasteiger partial charge in [-0.1, -0.05) is 24.3 Å². The second kappa shape index (κ2) is 5.57. The third kappa shape index (κ3) is 2.40. The number of rotatable bonds is 5. The van der Waals surface area contributed by atoms with Gasteiger partial charge in [0.05, 0.1) is 5.56 Å². The fraction of sp³-hybridized carbons (Fsp3) is 0.125. The molecule has 2 aromatic heterocycles. The Bertz CT molecular complexity index is 719. The Morgan fingerprint density at radius 1 is 1.15 bits per heavy atom. The molecule has 4 heteroatoms. The van der Waals surface area contributed by atoms with Gasteiger partial charge in [-0.25, -0.2) is 0 Å². The predicted octanol–water partition coefficient (Wildman–Crippen LogP) is 3.03. The zero-order chi connectivity index (χ0) is 13.8. The highest BCUT2D eigenvalue weighted by atomic mass is 16.1. The van der Waals surface area contributed by atoms with Crippen LogP contribution in [-0.2, 0) is 6.42 Å². The molecule has 3 rings (SSSR count). The van der Waals surface area contributed by atoms with Crippen molar-refractivity contribution in [1.29, 1.82) is 0 Å². The van der Waals surface area contributed by atoms with Gasteiger partial charge in [0.15, 0.2) is 6.29 Å². The lowest BCUT2D eigenvalue weighted by molar-refractivity contribution is 0.112. The van der Waals surface area contributed by atoms with E-state index >= 15 is 0 Å². The number of carbonyl (C=O) groups is 1. The van der Waals surface area contributed by atoms with Crippen LogP contribution in [0.3, 0.4) is 0 Å². The molecule has 0 saturated carbocycles. The smallest absolute Gasteiger partial charge is 0.154 e. The van der Waals surface area contributed by atoms with E-state index in [1.807, 2.05) is 42.5 Å². The molecule has 0 aliphatic carbocycles. The molecule has 0 aliphatic heterocycles. The minimum absolute atomic E-state index is 0.682. The third-order valence-electron chi connectivity index (χ3n) is 3.27. The topological polar surface area (TPSA) is 57.8 Å². The summed E-state index contributed by atoms with van der Waals surface area (Å²) in [5.74, 6) is 0.775. The quantitative estimate of drug-likeness (QED) is 0.697. The maximum Gasteiger partial charge on any atom is 0.154 e. The molecule has 0 atom stereocenters. The molecule has 0 bridgehead atoms. The number of aromatic nitrogens is 2. The first-order valence-electron chi connectivity index (χ1n) is 6.58. The first-order valence-corrected chi connectivity index (χ1v) is 6.58. The van der Waals surface area contributed by atoms with E-state index in [0.29, 0.717) is 5.56 Å². The van der Waals surface area contributed by atoms with Crippen LogP contribution < -0.4 is 5.32 Å². The highest BCUT2D eigenvalue weighted by molar-refractivity contribution is 6.03. The lowest BCUT2D eigenvalue weighted by atomic mass is 10.2. The Morgan fingerprint density at radius 3 is 2.80 bits per heavy atom. The number of fused-ring (bicyclic) bond motifs is 1. The van der Waals surface area contributed by atoms with Crippen LogP contribution in [0.15, 0.2) is 48.7 Å². The normalized spacial score (nSPS) is 10.6. The van der Waals surface area contributed by atoms with Crippen molar-refractivity contribution >= 4 is 23.0 Å². The van der Waals surface area contributed by atoms with Crippen LogP contribution in [0.4, 0.5) is 5.82 Å². The first kappa shape index (κ1) is 12.4. The highest BCUT2D eigenvalue weighted by Gasteiger charge is 2.09. The van der Waals surface area contributed by atoms with E-state index in [4.69, 9.17) is 0 Å². The molecule has 3 aromatic rings. The van der Waals surface area contributed by atoms with Gasteiger partial charge in [-0.3, -0.25) is 9.78 Å². The van der Waals surface area contributed by atoms with Gasteiger partial charge in [0.1, 0.15) is 5.82 Å². The fourth-order valence-electron chi connectivity index (χ4n) is 2.29. The molecule has 0 unspecified atom stereocenters. The molecule has 0 saturated heterocycles. The monoisotopic (exact) mass is 265 g/mol. The third-order valence-corrected chi connectivity index (χ3v) is 3.27. The maximum atomic E-state index is 11.3. The van der Waals surface area contributed by atoms with Gasteiger partial charge in [0.25, 0.3) is 0 Å². The molecule has 2 N–H and O–H groups in total. The summed E-state index contributed by atoms with van der Waals surface area (Å²) in [6.45, 7) is 0.727. The van der Waals surface area contributed by atoms with E-state index in [-0.39, 0.29) is 0 Å². The summed E-state index contributed by atoms with van der Waals surface area (Å²) >= 11 is 0. The number of anilines is 1. The number of pyridine rings is 1. The van der Waals surface area contributed by atoms with Crippen LogP contribution in [0.5, 0.6) is 0 Å². The molecule has 2 heterocycles. The van der Waals surface area contributed by atoms with E-state index < -0.39 is 0 Å². The summed E-state index contributed by atoms with van der Waals surface area (Å²) in [6.07, 6.45) is 3.49. The van der Waals surface area contributed by atoms with Crippen molar-refractivity contribution in [3.63, 3.8) is 0 Å². The average Bonchev–Trinajstić information content (AvgIpc) is 2.86. The van der Waals surface area contributed by atoms with Gasteiger partial charge in [-0.2, -0.15) is 0 Å². The molecule has 1 aromatic carbocycles. The number of nitrogens with one attached hydrogen (secondary N) is 2. The summed E-state index contributed by atoms with van der Waals surface area (Å²) in [5, 5.41) is 4.22. The zero-order valence-electron chi connectivity index (χ0n) is 11.0. The van der Waals surface area contributed by atoms with Crippen molar-refractivity contribution in [2.75, 3.05) is 11.9 Å². The summed E-state index contributed by atoms with van der Waals surface area (Å²) in [6, 6.07) is 13.7. The zero-order valence-corrected chi connectivity index (χ0v) is 11.0. The summed E-state index contributed by atoms with van der Waals surface area (Å²) < 4.78 is 0. The van der Waals surface area contributed by atoms with Crippen molar-refractivity contribution in [3.05, 3.63) is 59.9 Å². The van der Waals surface area contributed by atoms with Gasteiger partial charge >= 0.3 is 0 Å². The van der Waals surface area contributed by atoms with E-state index in [0.717, 1.165) is 41.7 Å². The maximum absolute atomic E-state index is 11.3. The summed E-state index contributed by atoms with van der Waals surface area (Å²) in [5.41, 5.74) is 2.68. The molecular formula is C16H15N3O. The van der Waals surface area contributed by atoms with E-state index in [1.54, 1.807) is 6.20 Å². The number of nitrogens with zero attached hydrogens (tertiary/aromatic N) is 1. The molecular weight excluding hydrogens is 250 g/mol. The SMILES string of the molecule is O=Cc1c(NCCc2ccccn2)[nH]c2ccccc12. The Hall–Kier alpha value is -2.62. The van der Waals surface area contributed by atoms with Gasteiger partial charge < -0.3 is 10.3 Å². The molecule has 0 amide bonds. The van der Waals surface area contributed by atoms with Gasteiger partial charge in [0.2, 0.25) is 0 Å². The van der Waals surface area contributed by atoms with Crippen molar-refractivity contribution in [3.8, 4) is 0 Å². The number of benzene rings is 1. The Labute approximate surface area is 116 Å². The molecule has 4 nitrogen and oxygen atoms in total. The average molecular weight is 265 g/mol. The molecule has 0 radical (unpaired) electrons. The van der Waals surface area contributed by atoms with Crippen molar-refractivity contribution in [2.45, 2.75) is 6.42 Å². The van der Waals surface area contributed by atoms with Crippen molar-refractivity contribution in [1.82, 2.24) is 9.97 Å². The minimum atomic E-state index is 0.682.